The molecule has 1 heterocycles. The number of sulfonamides is 1. The van der Waals surface area contributed by atoms with Crippen LogP contribution < -0.4 is 10.0 Å². The molecule has 0 spiro atoms. The van der Waals surface area contributed by atoms with E-state index in [0.29, 0.717) is 10.8 Å². The number of hydrogen-bond acceptors (Lipinski definition) is 4. The minimum Gasteiger partial charge on any atom is -0.312 e. The first-order chi connectivity index (χ1) is 7.60. The summed E-state index contributed by atoms with van der Waals surface area (Å²) in [5.41, 5.74) is 0. The molecule has 0 aliphatic rings. The molecule has 92 valence electrons. The summed E-state index contributed by atoms with van der Waals surface area (Å²) in [6.45, 7) is 6.06. The molecule has 0 aromatic carbocycles. The van der Waals surface area contributed by atoms with Crippen molar-refractivity contribution in [1.29, 1.82) is 0 Å². The summed E-state index contributed by atoms with van der Waals surface area (Å²) in [4.78, 5) is 1.04. The second-order valence-electron chi connectivity index (χ2n) is 3.40. The molecule has 16 heavy (non-hydrogen) atoms. The van der Waals surface area contributed by atoms with E-state index in [0.717, 1.165) is 24.4 Å². The van der Waals surface area contributed by atoms with Gasteiger partial charge in [-0.05, 0) is 25.1 Å². The van der Waals surface area contributed by atoms with Gasteiger partial charge in [-0.3, -0.25) is 0 Å². The predicted octanol–water partition coefficient (Wildman–Crippen LogP) is 1.55. The lowest BCUT2D eigenvalue weighted by Crippen LogP contribution is -2.23. The summed E-state index contributed by atoms with van der Waals surface area (Å²) in [7, 11) is -3.29. The van der Waals surface area contributed by atoms with E-state index in [1.54, 1.807) is 6.07 Å². The standard InChI is InChI=1S/C10H18N2O2S2/c1-3-7-12-16(13,14)10-6-5-9(15-10)8-11-4-2/h5-6,11-12H,3-4,7-8H2,1-2H3. The van der Waals surface area contributed by atoms with Gasteiger partial charge >= 0.3 is 0 Å². The Morgan fingerprint density at radius 3 is 2.69 bits per heavy atom. The van der Waals surface area contributed by atoms with Crippen molar-refractivity contribution in [2.45, 2.75) is 31.0 Å². The first-order valence-electron chi connectivity index (χ1n) is 5.39. The molecule has 6 heteroatoms. The second-order valence-corrected chi connectivity index (χ2v) is 6.56. The van der Waals surface area contributed by atoms with Crippen molar-refractivity contribution in [2.24, 2.45) is 0 Å². The van der Waals surface area contributed by atoms with Crippen molar-refractivity contribution < 1.29 is 8.42 Å². The highest BCUT2D eigenvalue weighted by Gasteiger charge is 2.15. The van der Waals surface area contributed by atoms with Gasteiger partial charge in [0, 0.05) is 18.0 Å². The van der Waals surface area contributed by atoms with E-state index in [1.165, 1.54) is 11.3 Å². The van der Waals surface area contributed by atoms with E-state index < -0.39 is 10.0 Å². The molecule has 1 aromatic heterocycles. The summed E-state index contributed by atoms with van der Waals surface area (Å²) >= 11 is 1.32. The lowest BCUT2D eigenvalue weighted by Gasteiger charge is -2.02. The number of rotatable bonds is 7. The van der Waals surface area contributed by atoms with Crippen LogP contribution in [0.5, 0.6) is 0 Å². The minimum absolute atomic E-state index is 0.397. The first-order valence-corrected chi connectivity index (χ1v) is 7.69. The van der Waals surface area contributed by atoms with Crippen molar-refractivity contribution >= 4 is 21.4 Å². The Hall–Kier alpha value is -0.430. The summed E-state index contributed by atoms with van der Waals surface area (Å²) in [6.07, 6.45) is 0.800. The first kappa shape index (κ1) is 13.6. The normalized spacial score (nSPS) is 11.9. The van der Waals surface area contributed by atoms with Crippen molar-refractivity contribution in [1.82, 2.24) is 10.0 Å². The highest BCUT2D eigenvalue weighted by Crippen LogP contribution is 2.21. The number of hydrogen-bond donors (Lipinski definition) is 2. The molecule has 0 atom stereocenters. The fourth-order valence-electron chi connectivity index (χ4n) is 1.15. The summed E-state index contributed by atoms with van der Waals surface area (Å²) < 4.78 is 26.5. The molecule has 0 aliphatic heterocycles. The van der Waals surface area contributed by atoms with Gasteiger partial charge in [-0.2, -0.15) is 0 Å². The summed E-state index contributed by atoms with van der Waals surface area (Å²) in [6, 6.07) is 3.52. The van der Waals surface area contributed by atoms with Gasteiger partial charge in [0.15, 0.2) is 0 Å². The van der Waals surface area contributed by atoms with Crippen LogP contribution in [-0.4, -0.2) is 21.5 Å². The maximum Gasteiger partial charge on any atom is 0.250 e. The van der Waals surface area contributed by atoms with E-state index in [-0.39, 0.29) is 0 Å². The van der Waals surface area contributed by atoms with Crippen molar-refractivity contribution in [3.8, 4) is 0 Å². The zero-order valence-corrected chi connectivity index (χ0v) is 11.2. The molecule has 0 fully saturated rings. The molecular weight excluding hydrogens is 244 g/mol. The van der Waals surface area contributed by atoms with Crippen LogP contribution in [0.15, 0.2) is 16.3 Å². The SMILES string of the molecule is CCCNS(=O)(=O)c1ccc(CNCC)s1. The molecular formula is C10H18N2O2S2. The minimum atomic E-state index is -3.29. The largest absolute Gasteiger partial charge is 0.312 e. The van der Waals surface area contributed by atoms with Gasteiger partial charge in [-0.25, -0.2) is 13.1 Å². The van der Waals surface area contributed by atoms with Gasteiger partial charge in [0.25, 0.3) is 0 Å². The predicted molar refractivity (Wildman–Crippen MR) is 67.2 cm³/mol. The molecule has 1 rings (SSSR count). The van der Waals surface area contributed by atoms with E-state index in [1.807, 2.05) is 19.9 Å². The molecule has 4 nitrogen and oxygen atoms in total. The molecule has 0 unspecified atom stereocenters. The van der Waals surface area contributed by atoms with E-state index >= 15 is 0 Å². The van der Waals surface area contributed by atoms with E-state index in [9.17, 15) is 8.42 Å². The Morgan fingerprint density at radius 1 is 1.31 bits per heavy atom. The van der Waals surface area contributed by atoms with Crippen LogP contribution in [-0.2, 0) is 16.6 Å². The topological polar surface area (TPSA) is 58.2 Å². The highest BCUT2D eigenvalue weighted by molar-refractivity contribution is 7.91. The zero-order chi connectivity index (χ0) is 12.0. The zero-order valence-electron chi connectivity index (χ0n) is 9.62. The van der Waals surface area contributed by atoms with Gasteiger partial charge < -0.3 is 5.32 Å². The van der Waals surface area contributed by atoms with Gasteiger partial charge in [0.1, 0.15) is 4.21 Å². The monoisotopic (exact) mass is 262 g/mol. The molecule has 0 aliphatic carbocycles. The Morgan fingerprint density at radius 2 is 2.06 bits per heavy atom. The Kier molecular flexibility index (Phi) is 5.40. The number of nitrogens with one attached hydrogen (secondary N) is 2. The molecule has 0 amide bonds. The van der Waals surface area contributed by atoms with E-state index in [4.69, 9.17) is 0 Å². The summed E-state index contributed by atoms with van der Waals surface area (Å²) in [5, 5.41) is 3.17. The molecule has 0 saturated carbocycles. The Bertz CT molecular complexity index is 412. The molecule has 0 bridgehead atoms. The lowest BCUT2D eigenvalue weighted by atomic mass is 10.4. The second kappa shape index (κ2) is 6.34. The van der Waals surface area contributed by atoms with E-state index in [2.05, 4.69) is 10.0 Å². The van der Waals surface area contributed by atoms with Gasteiger partial charge in [-0.15, -0.1) is 11.3 Å². The summed E-state index contributed by atoms with van der Waals surface area (Å²) in [5.74, 6) is 0. The van der Waals surface area contributed by atoms with Gasteiger partial charge in [-0.1, -0.05) is 13.8 Å². The fraction of sp³-hybridized carbons (Fsp3) is 0.600. The Labute approximate surface area is 101 Å². The van der Waals surface area contributed by atoms with Crippen LogP contribution in [0.25, 0.3) is 0 Å². The average molecular weight is 262 g/mol. The quantitative estimate of drug-likeness (QED) is 0.784. The highest BCUT2D eigenvalue weighted by atomic mass is 32.2. The van der Waals surface area contributed by atoms with Gasteiger partial charge in [0.05, 0.1) is 0 Å². The van der Waals surface area contributed by atoms with Crippen molar-refractivity contribution in [3.63, 3.8) is 0 Å². The van der Waals surface area contributed by atoms with Crippen molar-refractivity contribution in [3.05, 3.63) is 17.0 Å². The molecule has 1 aromatic rings. The fourth-order valence-corrected chi connectivity index (χ4v) is 3.66. The van der Waals surface area contributed by atoms with Crippen LogP contribution in [0.2, 0.25) is 0 Å². The molecule has 0 saturated heterocycles. The molecule has 0 radical (unpaired) electrons. The maximum atomic E-state index is 11.8. The van der Waals surface area contributed by atoms with Crippen LogP contribution in [0.1, 0.15) is 25.1 Å². The van der Waals surface area contributed by atoms with Crippen molar-refractivity contribution in [2.75, 3.05) is 13.1 Å². The Balaban J connectivity index is 2.69. The van der Waals surface area contributed by atoms with Crippen LogP contribution >= 0.6 is 11.3 Å². The van der Waals surface area contributed by atoms with Crippen LogP contribution in [0.4, 0.5) is 0 Å². The average Bonchev–Trinajstić information content (AvgIpc) is 2.73. The molecule has 2 N–H and O–H groups in total. The third kappa shape index (κ3) is 3.86. The maximum absolute atomic E-state index is 11.8. The third-order valence-electron chi connectivity index (χ3n) is 1.99. The van der Waals surface area contributed by atoms with Crippen LogP contribution in [0.3, 0.4) is 0 Å². The third-order valence-corrected chi connectivity index (χ3v) is 5.03. The smallest absolute Gasteiger partial charge is 0.250 e. The van der Waals surface area contributed by atoms with Crippen LogP contribution in [0, 0.1) is 0 Å². The van der Waals surface area contributed by atoms with Gasteiger partial charge in [0.2, 0.25) is 10.0 Å². The lowest BCUT2D eigenvalue weighted by molar-refractivity contribution is 0.583. The number of thiophene rings is 1.